The molecule has 2 atom stereocenters. The van der Waals surface area contributed by atoms with Gasteiger partial charge in [-0.3, -0.25) is 0 Å². The first-order valence-corrected chi connectivity index (χ1v) is 8.24. The van der Waals surface area contributed by atoms with Gasteiger partial charge in [0.25, 0.3) is 0 Å². The fourth-order valence-electron chi connectivity index (χ4n) is 2.97. The second-order valence-corrected chi connectivity index (χ2v) is 7.96. The van der Waals surface area contributed by atoms with E-state index in [1.54, 1.807) is 30.3 Å². The van der Waals surface area contributed by atoms with Gasteiger partial charge in [-0.05, 0) is 26.0 Å². The quantitative estimate of drug-likeness (QED) is 0.880. The van der Waals surface area contributed by atoms with Crippen LogP contribution in [-0.2, 0) is 19.3 Å². The summed E-state index contributed by atoms with van der Waals surface area (Å²) < 4.78 is 37.2. The lowest BCUT2D eigenvalue weighted by Crippen LogP contribution is -2.49. The fraction of sp³-hybridized carbons (Fsp3) is 0.571. The third kappa shape index (κ3) is 2.16. The smallest absolute Gasteiger partial charge is 0.185 e. The van der Waals surface area contributed by atoms with E-state index in [0.717, 1.165) is 0 Å². The minimum Gasteiger partial charge on any atom is -0.347 e. The Labute approximate surface area is 119 Å². The van der Waals surface area contributed by atoms with Crippen LogP contribution in [0, 0.1) is 0 Å². The molecule has 6 heteroatoms. The molecule has 3 rings (SSSR count). The van der Waals surface area contributed by atoms with Crippen molar-refractivity contribution in [1.82, 2.24) is 5.32 Å². The SMILES string of the molecule is CC1(C)OC[C@@]2(CNC[C@@H]2S(=O)(=O)c2ccccc2)O1. The molecule has 0 amide bonds. The van der Waals surface area contributed by atoms with Gasteiger partial charge in [-0.15, -0.1) is 0 Å². The van der Waals surface area contributed by atoms with E-state index in [1.807, 2.05) is 13.8 Å². The molecule has 2 aliphatic heterocycles. The van der Waals surface area contributed by atoms with Crippen molar-refractivity contribution in [1.29, 1.82) is 0 Å². The standard InChI is InChI=1S/C14H19NO4S/c1-13(2)18-10-14(19-13)9-15-8-12(14)20(16,17)11-6-4-3-5-7-11/h3-7,12,15H,8-10H2,1-2H3/t12-,14+/m0/s1. The Morgan fingerprint density at radius 2 is 1.95 bits per heavy atom. The molecule has 5 nitrogen and oxygen atoms in total. The zero-order chi connectivity index (χ0) is 14.4. The minimum absolute atomic E-state index is 0.295. The van der Waals surface area contributed by atoms with Crippen molar-refractivity contribution in [3.63, 3.8) is 0 Å². The highest BCUT2D eigenvalue weighted by molar-refractivity contribution is 7.92. The first-order chi connectivity index (χ1) is 9.36. The van der Waals surface area contributed by atoms with E-state index in [-0.39, 0.29) is 0 Å². The van der Waals surface area contributed by atoms with Gasteiger partial charge in [-0.1, -0.05) is 18.2 Å². The van der Waals surface area contributed by atoms with E-state index in [0.29, 0.717) is 24.6 Å². The van der Waals surface area contributed by atoms with Gasteiger partial charge in [0.05, 0.1) is 11.5 Å². The third-order valence-electron chi connectivity index (χ3n) is 3.90. The molecular formula is C14H19NO4S. The minimum atomic E-state index is -3.45. The fourth-order valence-corrected chi connectivity index (χ4v) is 4.94. The van der Waals surface area contributed by atoms with Crippen LogP contribution < -0.4 is 5.32 Å². The molecule has 0 bridgehead atoms. The molecule has 2 fully saturated rings. The Bertz CT molecular complexity index is 599. The largest absolute Gasteiger partial charge is 0.347 e. The van der Waals surface area contributed by atoms with Gasteiger partial charge in [-0.2, -0.15) is 0 Å². The highest BCUT2D eigenvalue weighted by Crippen LogP contribution is 2.39. The van der Waals surface area contributed by atoms with E-state index in [9.17, 15) is 8.42 Å². The van der Waals surface area contributed by atoms with Crippen molar-refractivity contribution < 1.29 is 17.9 Å². The molecule has 1 spiro atoms. The second-order valence-electron chi connectivity index (χ2n) is 5.83. The summed E-state index contributed by atoms with van der Waals surface area (Å²) in [6.07, 6.45) is 0. The molecule has 20 heavy (non-hydrogen) atoms. The predicted octanol–water partition coefficient (Wildman–Crippen LogP) is 0.954. The summed E-state index contributed by atoms with van der Waals surface area (Å²) in [6.45, 7) is 4.80. The average molecular weight is 297 g/mol. The van der Waals surface area contributed by atoms with Gasteiger partial charge >= 0.3 is 0 Å². The summed E-state index contributed by atoms with van der Waals surface area (Å²) in [5.74, 6) is -0.740. The second kappa shape index (κ2) is 4.53. The number of nitrogens with one attached hydrogen (secondary N) is 1. The van der Waals surface area contributed by atoms with Crippen molar-refractivity contribution in [2.24, 2.45) is 0 Å². The van der Waals surface area contributed by atoms with Crippen molar-refractivity contribution >= 4 is 9.84 Å². The lowest BCUT2D eigenvalue weighted by molar-refractivity contribution is -0.156. The average Bonchev–Trinajstić information content (AvgIpc) is 2.95. The molecule has 0 unspecified atom stereocenters. The molecule has 0 aromatic heterocycles. The van der Waals surface area contributed by atoms with Crippen LogP contribution in [0.2, 0.25) is 0 Å². The summed E-state index contributed by atoms with van der Waals surface area (Å²) in [5, 5.41) is 2.51. The van der Waals surface area contributed by atoms with Crippen LogP contribution in [0.3, 0.4) is 0 Å². The predicted molar refractivity (Wildman–Crippen MR) is 74.1 cm³/mol. The zero-order valence-electron chi connectivity index (χ0n) is 11.6. The Balaban J connectivity index is 1.98. The maximum atomic E-state index is 12.8. The molecule has 0 saturated carbocycles. The number of benzene rings is 1. The number of hydrogen-bond acceptors (Lipinski definition) is 5. The van der Waals surface area contributed by atoms with Gasteiger partial charge in [0, 0.05) is 13.1 Å². The summed E-state index contributed by atoms with van der Waals surface area (Å²) in [4.78, 5) is 0.335. The van der Waals surface area contributed by atoms with Gasteiger partial charge < -0.3 is 14.8 Å². The van der Waals surface area contributed by atoms with E-state index in [1.165, 1.54) is 0 Å². The molecule has 0 radical (unpaired) electrons. The van der Waals surface area contributed by atoms with Crippen LogP contribution in [0.1, 0.15) is 13.8 Å². The number of ether oxygens (including phenoxy) is 2. The lowest BCUT2D eigenvalue weighted by Gasteiger charge is -2.29. The van der Waals surface area contributed by atoms with E-state index >= 15 is 0 Å². The summed E-state index contributed by atoms with van der Waals surface area (Å²) in [5.41, 5.74) is -0.793. The molecule has 1 aromatic carbocycles. The van der Waals surface area contributed by atoms with E-state index in [4.69, 9.17) is 9.47 Å². The van der Waals surface area contributed by atoms with Gasteiger partial charge in [0.1, 0.15) is 10.9 Å². The molecule has 2 saturated heterocycles. The molecule has 110 valence electrons. The third-order valence-corrected chi connectivity index (χ3v) is 6.17. The van der Waals surface area contributed by atoms with Crippen LogP contribution in [0.25, 0.3) is 0 Å². The highest BCUT2D eigenvalue weighted by atomic mass is 32.2. The summed E-state index contributed by atoms with van der Waals surface area (Å²) >= 11 is 0. The summed E-state index contributed by atoms with van der Waals surface area (Å²) in [7, 11) is -3.45. The Kier molecular flexibility index (Phi) is 3.17. The number of hydrogen-bond donors (Lipinski definition) is 1. The normalized spacial score (nSPS) is 32.8. The highest BCUT2D eigenvalue weighted by Gasteiger charge is 2.57. The van der Waals surface area contributed by atoms with Gasteiger partial charge in [-0.25, -0.2) is 8.42 Å². The van der Waals surface area contributed by atoms with Crippen molar-refractivity contribution in [3.05, 3.63) is 30.3 Å². The molecular weight excluding hydrogens is 278 g/mol. The zero-order valence-corrected chi connectivity index (χ0v) is 12.4. The van der Waals surface area contributed by atoms with Crippen LogP contribution in [0.4, 0.5) is 0 Å². The summed E-state index contributed by atoms with van der Waals surface area (Å²) in [6, 6.07) is 8.53. The van der Waals surface area contributed by atoms with Crippen LogP contribution >= 0.6 is 0 Å². The Hall–Kier alpha value is -0.950. The van der Waals surface area contributed by atoms with Crippen molar-refractivity contribution in [2.45, 2.75) is 35.4 Å². The van der Waals surface area contributed by atoms with Crippen LogP contribution in [0.15, 0.2) is 35.2 Å². The molecule has 2 heterocycles. The number of sulfone groups is 1. The van der Waals surface area contributed by atoms with Crippen LogP contribution in [0.5, 0.6) is 0 Å². The van der Waals surface area contributed by atoms with Gasteiger partial charge in [0.2, 0.25) is 0 Å². The van der Waals surface area contributed by atoms with E-state index < -0.39 is 26.5 Å². The topological polar surface area (TPSA) is 64.6 Å². The lowest BCUT2D eigenvalue weighted by atomic mass is 10.0. The first-order valence-electron chi connectivity index (χ1n) is 6.70. The van der Waals surface area contributed by atoms with Crippen LogP contribution in [-0.4, -0.2) is 44.8 Å². The maximum Gasteiger partial charge on any atom is 0.185 e. The maximum absolute atomic E-state index is 12.8. The molecule has 1 N–H and O–H groups in total. The molecule has 0 aliphatic carbocycles. The number of rotatable bonds is 2. The molecule has 2 aliphatic rings. The van der Waals surface area contributed by atoms with E-state index in [2.05, 4.69) is 5.32 Å². The van der Waals surface area contributed by atoms with Gasteiger partial charge in [0.15, 0.2) is 15.6 Å². The van der Waals surface area contributed by atoms with Crippen molar-refractivity contribution in [3.8, 4) is 0 Å². The Morgan fingerprint density at radius 1 is 1.25 bits per heavy atom. The van der Waals surface area contributed by atoms with Crippen molar-refractivity contribution in [2.75, 3.05) is 19.7 Å². The Morgan fingerprint density at radius 3 is 2.55 bits per heavy atom. The first kappa shape index (κ1) is 14.0. The monoisotopic (exact) mass is 297 g/mol. The molecule has 1 aromatic rings.